The van der Waals surface area contributed by atoms with Crippen LogP contribution < -0.4 is 5.32 Å². The minimum atomic E-state index is 0.0288. The standard InChI is InChI=1S/C16H29N3O2/c1-2-18-12-9-14(13-18)17-15(20)7-8-16(21)19-10-5-3-4-6-11-19/h14H,2-13H2,1H3,(H,17,20)/t14-/m0/s1. The topological polar surface area (TPSA) is 52.7 Å². The Hall–Kier alpha value is -1.10. The molecule has 2 amide bonds. The molecule has 120 valence electrons. The monoisotopic (exact) mass is 295 g/mol. The van der Waals surface area contributed by atoms with E-state index >= 15 is 0 Å². The van der Waals surface area contributed by atoms with Crippen molar-refractivity contribution >= 4 is 11.8 Å². The zero-order valence-corrected chi connectivity index (χ0v) is 13.3. The van der Waals surface area contributed by atoms with E-state index in [9.17, 15) is 9.59 Å². The molecule has 2 aliphatic heterocycles. The summed E-state index contributed by atoms with van der Waals surface area (Å²) in [6.07, 6.45) is 6.37. The molecule has 2 heterocycles. The van der Waals surface area contributed by atoms with Crippen LogP contribution in [0.5, 0.6) is 0 Å². The first-order valence-corrected chi connectivity index (χ1v) is 8.48. The van der Waals surface area contributed by atoms with E-state index in [2.05, 4.69) is 17.1 Å². The number of nitrogens with zero attached hydrogens (tertiary/aromatic N) is 2. The number of hydrogen-bond donors (Lipinski definition) is 1. The Kier molecular flexibility index (Phi) is 6.49. The second-order valence-corrected chi connectivity index (χ2v) is 6.24. The van der Waals surface area contributed by atoms with E-state index < -0.39 is 0 Å². The molecule has 0 unspecified atom stereocenters. The fraction of sp³-hybridized carbons (Fsp3) is 0.875. The lowest BCUT2D eigenvalue weighted by Crippen LogP contribution is -2.38. The van der Waals surface area contributed by atoms with Gasteiger partial charge in [-0.1, -0.05) is 19.8 Å². The summed E-state index contributed by atoms with van der Waals surface area (Å²) in [5.74, 6) is 0.176. The molecular weight excluding hydrogens is 266 g/mol. The number of rotatable bonds is 5. The van der Waals surface area contributed by atoms with Gasteiger partial charge in [-0.3, -0.25) is 9.59 Å². The number of amides is 2. The molecular formula is C16H29N3O2. The predicted molar refractivity (Wildman–Crippen MR) is 82.9 cm³/mol. The number of nitrogens with one attached hydrogen (secondary N) is 1. The normalized spacial score (nSPS) is 23.9. The summed E-state index contributed by atoms with van der Waals surface area (Å²) in [5.41, 5.74) is 0. The van der Waals surface area contributed by atoms with Crippen molar-refractivity contribution in [1.29, 1.82) is 0 Å². The molecule has 0 radical (unpaired) electrons. The molecule has 0 aliphatic carbocycles. The van der Waals surface area contributed by atoms with Crippen LogP contribution in [-0.4, -0.2) is 60.4 Å². The van der Waals surface area contributed by atoms with E-state index in [1.165, 1.54) is 12.8 Å². The molecule has 5 nitrogen and oxygen atoms in total. The number of likely N-dealkylation sites (N-methyl/N-ethyl adjacent to an activating group) is 1. The predicted octanol–water partition coefficient (Wildman–Crippen LogP) is 1.38. The highest BCUT2D eigenvalue weighted by atomic mass is 16.2. The SMILES string of the molecule is CCN1CC[C@H](NC(=O)CCC(=O)N2CCCCCC2)C1. The van der Waals surface area contributed by atoms with Gasteiger partial charge in [-0.2, -0.15) is 0 Å². The Bertz CT molecular complexity index is 351. The molecule has 2 saturated heterocycles. The maximum absolute atomic E-state index is 12.1. The molecule has 1 atom stereocenters. The molecule has 0 saturated carbocycles. The first kappa shape index (κ1) is 16.3. The summed E-state index contributed by atoms with van der Waals surface area (Å²) < 4.78 is 0. The van der Waals surface area contributed by atoms with E-state index in [-0.39, 0.29) is 17.9 Å². The van der Waals surface area contributed by atoms with Gasteiger partial charge in [0, 0.05) is 45.1 Å². The highest BCUT2D eigenvalue weighted by Gasteiger charge is 2.23. The van der Waals surface area contributed by atoms with Gasteiger partial charge in [-0.25, -0.2) is 0 Å². The number of hydrogen-bond acceptors (Lipinski definition) is 3. The van der Waals surface area contributed by atoms with Gasteiger partial charge in [0.2, 0.25) is 11.8 Å². The fourth-order valence-corrected chi connectivity index (χ4v) is 3.24. The largest absolute Gasteiger partial charge is 0.352 e. The van der Waals surface area contributed by atoms with Gasteiger partial charge in [0.1, 0.15) is 0 Å². The van der Waals surface area contributed by atoms with Crippen LogP contribution in [0.25, 0.3) is 0 Å². The van der Waals surface area contributed by atoms with Crippen LogP contribution in [0.1, 0.15) is 51.9 Å². The average Bonchev–Trinajstić information content (AvgIpc) is 2.76. The summed E-state index contributed by atoms with van der Waals surface area (Å²) in [6, 6.07) is 0.269. The minimum absolute atomic E-state index is 0.0288. The molecule has 0 spiro atoms. The summed E-state index contributed by atoms with van der Waals surface area (Å²) in [6.45, 7) is 6.93. The van der Waals surface area contributed by atoms with Crippen molar-refractivity contribution in [3.63, 3.8) is 0 Å². The molecule has 0 bridgehead atoms. The summed E-state index contributed by atoms with van der Waals surface area (Å²) in [5, 5.41) is 3.06. The van der Waals surface area contributed by atoms with Crippen LogP contribution in [0.3, 0.4) is 0 Å². The quantitative estimate of drug-likeness (QED) is 0.833. The molecule has 2 rings (SSSR count). The molecule has 0 aromatic carbocycles. The van der Waals surface area contributed by atoms with Crippen molar-refractivity contribution in [2.24, 2.45) is 0 Å². The van der Waals surface area contributed by atoms with Crippen LogP contribution >= 0.6 is 0 Å². The smallest absolute Gasteiger partial charge is 0.223 e. The van der Waals surface area contributed by atoms with Gasteiger partial charge in [0.25, 0.3) is 0 Å². The van der Waals surface area contributed by atoms with Crippen LogP contribution in [0, 0.1) is 0 Å². The lowest BCUT2D eigenvalue weighted by molar-refractivity contribution is -0.133. The fourth-order valence-electron chi connectivity index (χ4n) is 3.24. The van der Waals surface area contributed by atoms with Crippen LogP contribution in [-0.2, 0) is 9.59 Å². The van der Waals surface area contributed by atoms with Crippen molar-refractivity contribution in [1.82, 2.24) is 15.1 Å². The maximum atomic E-state index is 12.1. The van der Waals surface area contributed by atoms with Crippen molar-refractivity contribution < 1.29 is 9.59 Å². The van der Waals surface area contributed by atoms with E-state index in [4.69, 9.17) is 0 Å². The van der Waals surface area contributed by atoms with Crippen molar-refractivity contribution in [3.05, 3.63) is 0 Å². The molecule has 21 heavy (non-hydrogen) atoms. The number of carbonyl (C=O) groups is 2. The lowest BCUT2D eigenvalue weighted by atomic mass is 10.2. The van der Waals surface area contributed by atoms with Gasteiger partial charge in [-0.05, 0) is 25.8 Å². The van der Waals surface area contributed by atoms with Crippen molar-refractivity contribution in [2.45, 2.75) is 57.9 Å². The Labute approximate surface area is 128 Å². The third kappa shape index (κ3) is 5.30. The zero-order valence-electron chi connectivity index (χ0n) is 13.3. The van der Waals surface area contributed by atoms with Gasteiger partial charge < -0.3 is 15.1 Å². The summed E-state index contributed by atoms with van der Waals surface area (Å²) in [4.78, 5) is 28.4. The Morgan fingerprint density at radius 2 is 1.76 bits per heavy atom. The van der Waals surface area contributed by atoms with Crippen molar-refractivity contribution in [2.75, 3.05) is 32.7 Å². The Morgan fingerprint density at radius 1 is 1.05 bits per heavy atom. The summed E-state index contributed by atoms with van der Waals surface area (Å²) >= 11 is 0. The Balaban J connectivity index is 1.65. The van der Waals surface area contributed by atoms with E-state index in [0.29, 0.717) is 12.8 Å². The lowest BCUT2D eigenvalue weighted by Gasteiger charge is -2.20. The molecule has 0 aromatic heterocycles. The van der Waals surface area contributed by atoms with Gasteiger partial charge >= 0.3 is 0 Å². The highest BCUT2D eigenvalue weighted by Crippen LogP contribution is 2.12. The minimum Gasteiger partial charge on any atom is -0.352 e. The number of likely N-dealkylation sites (tertiary alicyclic amines) is 2. The van der Waals surface area contributed by atoms with Crippen LogP contribution in [0.15, 0.2) is 0 Å². The first-order chi connectivity index (χ1) is 10.2. The van der Waals surface area contributed by atoms with Gasteiger partial charge in [0.15, 0.2) is 0 Å². The van der Waals surface area contributed by atoms with Gasteiger partial charge in [-0.15, -0.1) is 0 Å². The molecule has 2 fully saturated rings. The first-order valence-electron chi connectivity index (χ1n) is 8.48. The second-order valence-electron chi connectivity index (χ2n) is 6.24. The molecule has 0 aromatic rings. The average molecular weight is 295 g/mol. The third-order valence-corrected chi connectivity index (χ3v) is 4.61. The molecule has 2 aliphatic rings. The molecule has 1 N–H and O–H groups in total. The summed E-state index contributed by atoms with van der Waals surface area (Å²) in [7, 11) is 0. The van der Waals surface area contributed by atoms with Crippen molar-refractivity contribution in [3.8, 4) is 0 Å². The Morgan fingerprint density at radius 3 is 2.38 bits per heavy atom. The maximum Gasteiger partial charge on any atom is 0.223 e. The van der Waals surface area contributed by atoms with Crippen LogP contribution in [0.4, 0.5) is 0 Å². The van der Waals surface area contributed by atoms with Crippen LogP contribution in [0.2, 0.25) is 0 Å². The highest BCUT2D eigenvalue weighted by molar-refractivity contribution is 5.83. The van der Waals surface area contributed by atoms with E-state index in [1.807, 2.05) is 4.90 Å². The number of carbonyl (C=O) groups excluding carboxylic acids is 2. The second kappa shape index (κ2) is 8.37. The van der Waals surface area contributed by atoms with E-state index in [1.54, 1.807) is 0 Å². The van der Waals surface area contributed by atoms with Gasteiger partial charge in [0.05, 0.1) is 0 Å². The third-order valence-electron chi connectivity index (χ3n) is 4.61. The molecule has 5 heteroatoms. The van der Waals surface area contributed by atoms with E-state index in [0.717, 1.165) is 52.0 Å². The zero-order chi connectivity index (χ0) is 15.1.